The highest BCUT2D eigenvalue weighted by atomic mass is 35.5. The number of hydrogen-bond donors (Lipinski definition) is 0. The Bertz CT molecular complexity index is 251. The molecule has 0 aromatic heterocycles. The van der Waals surface area contributed by atoms with E-state index in [1.54, 1.807) is 0 Å². The van der Waals surface area contributed by atoms with Gasteiger partial charge in [-0.05, 0) is 18.1 Å². The standard InChI is InChI=1S/C10H11Cl/c1-3-9-5-4-6-10(7-9)8(2)11/h3-8H,1H2,2H3. The molecule has 11 heavy (non-hydrogen) atoms. The summed E-state index contributed by atoms with van der Waals surface area (Å²) in [7, 11) is 0. The van der Waals surface area contributed by atoms with Crippen molar-refractivity contribution in [1.82, 2.24) is 0 Å². The molecule has 1 unspecified atom stereocenters. The lowest BCUT2D eigenvalue weighted by Crippen LogP contribution is -1.83. The van der Waals surface area contributed by atoms with Gasteiger partial charge in [-0.2, -0.15) is 0 Å². The van der Waals surface area contributed by atoms with Crippen LogP contribution < -0.4 is 0 Å². The van der Waals surface area contributed by atoms with Crippen LogP contribution in [0.1, 0.15) is 23.4 Å². The summed E-state index contributed by atoms with van der Waals surface area (Å²) in [5.41, 5.74) is 2.26. The van der Waals surface area contributed by atoms with Gasteiger partial charge in [0, 0.05) is 0 Å². The van der Waals surface area contributed by atoms with Crippen LogP contribution in [0.5, 0.6) is 0 Å². The molecule has 0 aliphatic rings. The highest BCUT2D eigenvalue weighted by Crippen LogP contribution is 2.20. The molecule has 0 nitrogen and oxygen atoms in total. The van der Waals surface area contributed by atoms with Gasteiger partial charge >= 0.3 is 0 Å². The van der Waals surface area contributed by atoms with Crippen LogP contribution in [0, 0.1) is 0 Å². The minimum Gasteiger partial charge on any atom is -0.118 e. The van der Waals surface area contributed by atoms with E-state index in [2.05, 4.69) is 6.58 Å². The van der Waals surface area contributed by atoms with Gasteiger partial charge in [0.25, 0.3) is 0 Å². The summed E-state index contributed by atoms with van der Waals surface area (Å²) >= 11 is 5.90. The highest BCUT2D eigenvalue weighted by Gasteiger charge is 1.99. The van der Waals surface area contributed by atoms with E-state index in [9.17, 15) is 0 Å². The van der Waals surface area contributed by atoms with E-state index < -0.39 is 0 Å². The van der Waals surface area contributed by atoms with Gasteiger partial charge in [-0.15, -0.1) is 11.6 Å². The third kappa shape index (κ3) is 2.09. The average molecular weight is 167 g/mol. The molecule has 0 bridgehead atoms. The largest absolute Gasteiger partial charge is 0.118 e. The van der Waals surface area contributed by atoms with E-state index in [1.165, 1.54) is 0 Å². The number of halogens is 1. The second kappa shape index (κ2) is 3.59. The first-order valence-electron chi connectivity index (χ1n) is 3.60. The minimum absolute atomic E-state index is 0.0786. The van der Waals surface area contributed by atoms with E-state index in [1.807, 2.05) is 37.3 Å². The third-order valence-electron chi connectivity index (χ3n) is 1.61. The Kier molecular flexibility index (Phi) is 2.72. The quantitative estimate of drug-likeness (QED) is 0.589. The highest BCUT2D eigenvalue weighted by molar-refractivity contribution is 6.20. The first-order chi connectivity index (χ1) is 5.24. The Hall–Kier alpha value is -0.750. The number of rotatable bonds is 2. The second-order valence-electron chi connectivity index (χ2n) is 2.49. The lowest BCUT2D eigenvalue weighted by atomic mass is 10.1. The van der Waals surface area contributed by atoms with Crippen LogP contribution in [-0.2, 0) is 0 Å². The van der Waals surface area contributed by atoms with Gasteiger partial charge in [-0.1, -0.05) is 36.9 Å². The van der Waals surface area contributed by atoms with Gasteiger partial charge < -0.3 is 0 Å². The Balaban J connectivity index is 3.00. The van der Waals surface area contributed by atoms with E-state index in [0.717, 1.165) is 11.1 Å². The molecule has 0 N–H and O–H groups in total. The van der Waals surface area contributed by atoms with Gasteiger partial charge in [0.1, 0.15) is 0 Å². The van der Waals surface area contributed by atoms with E-state index in [4.69, 9.17) is 11.6 Å². The van der Waals surface area contributed by atoms with Crippen molar-refractivity contribution in [3.05, 3.63) is 42.0 Å². The SMILES string of the molecule is C=Cc1cccc(C(C)Cl)c1. The van der Waals surface area contributed by atoms with Crippen LogP contribution >= 0.6 is 11.6 Å². The molecule has 1 atom stereocenters. The first-order valence-corrected chi connectivity index (χ1v) is 4.04. The number of alkyl halides is 1. The first kappa shape index (κ1) is 8.35. The van der Waals surface area contributed by atoms with Crippen LogP contribution in [0.25, 0.3) is 6.08 Å². The van der Waals surface area contributed by atoms with Crippen molar-refractivity contribution in [2.75, 3.05) is 0 Å². The van der Waals surface area contributed by atoms with Crippen LogP contribution in [-0.4, -0.2) is 0 Å². The monoisotopic (exact) mass is 166 g/mol. The summed E-state index contributed by atoms with van der Waals surface area (Å²) in [6.45, 7) is 5.65. The Morgan fingerprint density at radius 2 is 2.27 bits per heavy atom. The van der Waals surface area contributed by atoms with Crippen LogP contribution in [0.15, 0.2) is 30.8 Å². The second-order valence-corrected chi connectivity index (χ2v) is 3.14. The maximum atomic E-state index is 5.90. The van der Waals surface area contributed by atoms with Crippen molar-refractivity contribution in [1.29, 1.82) is 0 Å². The zero-order valence-electron chi connectivity index (χ0n) is 6.55. The maximum absolute atomic E-state index is 5.90. The van der Waals surface area contributed by atoms with Crippen LogP contribution in [0.2, 0.25) is 0 Å². The minimum atomic E-state index is 0.0786. The summed E-state index contributed by atoms with van der Waals surface area (Å²) in [6, 6.07) is 8.07. The number of benzene rings is 1. The predicted octanol–water partition coefficient (Wildman–Crippen LogP) is 3.63. The van der Waals surface area contributed by atoms with Gasteiger partial charge in [-0.25, -0.2) is 0 Å². The molecule has 0 saturated heterocycles. The molecule has 0 amide bonds. The molecule has 0 fully saturated rings. The van der Waals surface area contributed by atoms with E-state index >= 15 is 0 Å². The van der Waals surface area contributed by atoms with Gasteiger partial charge in [-0.3, -0.25) is 0 Å². The van der Waals surface area contributed by atoms with Crippen molar-refractivity contribution in [2.45, 2.75) is 12.3 Å². The van der Waals surface area contributed by atoms with E-state index in [-0.39, 0.29) is 5.38 Å². The Morgan fingerprint density at radius 3 is 2.82 bits per heavy atom. The third-order valence-corrected chi connectivity index (χ3v) is 1.86. The molecule has 1 aromatic carbocycles. The number of hydrogen-bond acceptors (Lipinski definition) is 0. The Labute approximate surface area is 72.5 Å². The molecule has 0 radical (unpaired) electrons. The molecule has 0 aliphatic carbocycles. The fourth-order valence-corrected chi connectivity index (χ4v) is 1.07. The Morgan fingerprint density at radius 1 is 1.55 bits per heavy atom. The zero-order valence-corrected chi connectivity index (χ0v) is 7.31. The molecule has 1 aromatic rings. The van der Waals surface area contributed by atoms with Crippen molar-refractivity contribution < 1.29 is 0 Å². The topological polar surface area (TPSA) is 0 Å². The zero-order chi connectivity index (χ0) is 8.27. The summed E-state index contributed by atoms with van der Waals surface area (Å²) in [4.78, 5) is 0. The molecule has 1 rings (SSSR count). The van der Waals surface area contributed by atoms with Crippen LogP contribution in [0.3, 0.4) is 0 Å². The molecule has 0 saturated carbocycles. The molecule has 58 valence electrons. The van der Waals surface area contributed by atoms with Gasteiger partial charge in [0.2, 0.25) is 0 Å². The molecule has 0 spiro atoms. The van der Waals surface area contributed by atoms with Gasteiger partial charge in [0.05, 0.1) is 5.38 Å². The molecule has 0 heterocycles. The summed E-state index contributed by atoms with van der Waals surface area (Å²) < 4.78 is 0. The van der Waals surface area contributed by atoms with Gasteiger partial charge in [0.15, 0.2) is 0 Å². The molecular formula is C10H11Cl. The smallest absolute Gasteiger partial charge is 0.0557 e. The van der Waals surface area contributed by atoms with Crippen molar-refractivity contribution in [3.63, 3.8) is 0 Å². The van der Waals surface area contributed by atoms with Crippen LogP contribution in [0.4, 0.5) is 0 Å². The maximum Gasteiger partial charge on any atom is 0.0557 e. The van der Waals surface area contributed by atoms with Crippen molar-refractivity contribution in [2.24, 2.45) is 0 Å². The van der Waals surface area contributed by atoms with Crippen molar-refractivity contribution in [3.8, 4) is 0 Å². The lowest BCUT2D eigenvalue weighted by molar-refractivity contribution is 1.08. The normalized spacial score (nSPS) is 12.5. The lowest BCUT2D eigenvalue weighted by Gasteiger charge is -2.02. The molecule has 0 aliphatic heterocycles. The molecular weight excluding hydrogens is 156 g/mol. The molecule has 1 heteroatoms. The fraction of sp³-hybridized carbons (Fsp3) is 0.200. The average Bonchev–Trinajstić information content (AvgIpc) is 2.05. The predicted molar refractivity (Wildman–Crippen MR) is 50.8 cm³/mol. The van der Waals surface area contributed by atoms with Crippen molar-refractivity contribution >= 4 is 17.7 Å². The summed E-state index contributed by atoms with van der Waals surface area (Å²) in [5, 5.41) is 0.0786. The summed E-state index contributed by atoms with van der Waals surface area (Å²) in [5.74, 6) is 0. The van der Waals surface area contributed by atoms with E-state index in [0.29, 0.717) is 0 Å². The fourth-order valence-electron chi connectivity index (χ4n) is 0.933. The summed E-state index contributed by atoms with van der Waals surface area (Å²) in [6.07, 6.45) is 1.82.